The van der Waals surface area contributed by atoms with Crippen LogP contribution in [0.4, 0.5) is 15.9 Å². The molecule has 1 atom stereocenters. The van der Waals surface area contributed by atoms with Gasteiger partial charge in [0.1, 0.15) is 18.2 Å². The number of oxime groups is 1. The molecule has 148 valence electrons. The number of anilines is 2. The summed E-state index contributed by atoms with van der Waals surface area (Å²) in [5.74, 6) is 0.403. The van der Waals surface area contributed by atoms with E-state index in [2.05, 4.69) is 15.6 Å². The smallest absolute Gasteiger partial charge is 0.219 e. The molecule has 1 fully saturated rings. The molecule has 0 radical (unpaired) electrons. The average Bonchev–Trinajstić information content (AvgIpc) is 3.38. The second kappa shape index (κ2) is 7.87. The highest BCUT2D eigenvalue weighted by atomic mass is 19.1. The lowest BCUT2D eigenvalue weighted by molar-refractivity contribution is -0.129. The van der Waals surface area contributed by atoms with Crippen LogP contribution in [0.3, 0.4) is 0 Å². The molecule has 0 spiro atoms. The van der Waals surface area contributed by atoms with Crippen molar-refractivity contribution in [1.82, 2.24) is 10.1 Å². The number of aromatic nitrogens is 1. The Morgan fingerprint density at radius 3 is 2.79 bits per heavy atom. The van der Waals surface area contributed by atoms with Crippen LogP contribution in [-0.2, 0) is 9.63 Å². The van der Waals surface area contributed by atoms with E-state index in [1.54, 1.807) is 24.0 Å². The van der Waals surface area contributed by atoms with Crippen molar-refractivity contribution in [3.05, 3.63) is 41.9 Å². The summed E-state index contributed by atoms with van der Waals surface area (Å²) in [5.41, 5.74) is 1.99. The number of carbonyl (C=O) groups is 1. The molecule has 1 aromatic heterocycles. The van der Waals surface area contributed by atoms with E-state index in [4.69, 9.17) is 9.36 Å². The first kappa shape index (κ1) is 18.3. The summed E-state index contributed by atoms with van der Waals surface area (Å²) in [5, 5.41) is 11.0. The Balaban J connectivity index is 1.35. The number of nitrogens with one attached hydrogen (secondary N) is 1. The summed E-state index contributed by atoms with van der Waals surface area (Å²) < 4.78 is 19.5. The molecule has 9 heteroatoms. The highest BCUT2D eigenvalue weighted by Gasteiger charge is 2.25. The molecule has 1 aromatic carbocycles. The first-order chi connectivity index (χ1) is 13.6. The van der Waals surface area contributed by atoms with Crippen LogP contribution >= 0.6 is 0 Å². The van der Waals surface area contributed by atoms with Crippen LogP contribution in [0.2, 0.25) is 0 Å². The molecule has 0 saturated carbocycles. The molecule has 1 N–H and O–H groups in total. The van der Waals surface area contributed by atoms with Crippen molar-refractivity contribution in [3.8, 4) is 0 Å². The van der Waals surface area contributed by atoms with Gasteiger partial charge >= 0.3 is 0 Å². The summed E-state index contributed by atoms with van der Waals surface area (Å²) in [6.07, 6.45) is 1.93. The quantitative estimate of drug-likeness (QED) is 0.846. The van der Waals surface area contributed by atoms with Gasteiger partial charge in [-0.05, 0) is 12.1 Å². The molecule has 4 rings (SSSR count). The van der Waals surface area contributed by atoms with Gasteiger partial charge in [-0.15, -0.1) is 0 Å². The van der Waals surface area contributed by atoms with Crippen molar-refractivity contribution in [2.24, 2.45) is 5.16 Å². The van der Waals surface area contributed by atoms with Gasteiger partial charge in [0, 0.05) is 51.2 Å². The highest BCUT2D eigenvalue weighted by Crippen LogP contribution is 2.25. The number of hydrogen-bond donors (Lipinski definition) is 1. The minimum atomic E-state index is -0.291. The van der Waals surface area contributed by atoms with Gasteiger partial charge in [-0.2, -0.15) is 0 Å². The minimum Gasteiger partial charge on any atom is -0.390 e. The van der Waals surface area contributed by atoms with Crippen LogP contribution in [0, 0.1) is 5.82 Å². The van der Waals surface area contributed by atoms with E-state index < -0.39 is 0 Å². The molecule has 0 bridgehead atoms. The van der Waals surface area contributed by atoms with Crippen molar-refractivity contribution in [3.63, 3.8) is 0 Å². The summed E-state index contributed by atoms with van der Waals surface area (Å²) in [7, 11) is 0. The molecule has 2 aliphatic heterocycles. The zero-order valence-electron chi connectivity index (χ0n) is 15.6. The Hall–Kier alpha value is -3.10. The van der Waals surface area contributed by atoms with E-state index in [9.17, 15) is 9.18 Å². The van der Waals surface area contributed by atoms with E-state index in [0.29, 0.717) is 56.2 Å². The number of hydrogen-bond acceptors (Lipinski definition) is 7. The average molecular weight is 387 g/mol. The first-order valence-electron chi connectivity index (χ1n) is 9.27. The van der Waals surface area contributed by atoms with Crippen molar-refractivity contribution in [2.75, 3.05) is 42.9 Å². The van der Waals surface area contributed by atoms with Crippen LogP contribution in [0.1, 0.15) is 18.9 Å². The van der Waals surface area contributed by atoms with Gasteiger partial charge in [0.2, 0.25) is 5.91 Å². The van der Waals surface area contributed by atoms with Crippen LogP contribution in [-0.4, -0.2) is 60.5 Å². The number of halogens is 1. The molecular formula is C19H22FN5O3. The van der Waals surface area contributed by atoms with Crippen molar-refractivity contribution in [2.45, 2.75) is 19.4 Å². The molecule has 2 aliphatic rings. The Morgan fingerprint density at radius 1 is 1.29 bits per heavy atom. The number of benzene rings is 1. The molecule has 1 unspecified atom stereocenters. The van der Waals surface area contributed by atoms with Crippen molar-refractivity contribution < 1.29 is 18.5 Å². The second-order valence-corrected chi connectivity index (χ2v) is 6.89. The van der Waals surface area contributed by atoms with E-state index in [1.165, 1.54) is 12.3 Å². The standard InChI is InChI=1S/C19H22FN5O3/c1-13(26)24-5-7-25(8-6-24)18-3-2-14(10-16(18)20)17-11-15(28-22-17)12-21-19-4-9-27-23-19/h2-4,9-10,15H,5-8,11-12H2,1H3,(H,21,23). The maximum atomic E-state index is 14.7. The van der Waals surface area contributed by atoms with Gasteiger partial charge < -0.3 is 24.5 Å². The van der Waals surface area contributed by atoms with E-state index >= 15 is 0 Å². The van der Waals surface area contributed by atoms with E-state index in [0.717, 1.165) is 5.71 Å². The zero-order valence-corrected chi connectivity index (χ0v) is 15.6. The van der Waals surface area contributed by atoms with Gasteiger partial charge in [-0.1, -0.05) is 16.4 Å². The van der Waals surface area contributed by atoms with E-state index in [1.807, 2.05) is 11.0 Å². The van der Waals surface area contributed by atoms with Gasteiger partial charge in [-0.3, -0.25) is 4.79 Å². The Kier molecular flexibility index (Phi) is 5.14. The summed E-state index contributed by atoms with van der Waals surface area (Å²) in [6.45, 7) is 4.55. The minimum absolute atomic E-state index is 0.0577. The van der Waals surface area contributed by atoms with Crippen LogP contribution in [0.15, 0.2) is 40.2 Å². The fourth-order valence-electron chi connectivity index (χ4n) is 3.44. The van der Waals surface area contributed by atoms with Gasteiger partial charge in [-0.25, -0.2) is 4.39 Å². The number of carbonyl (C=O) groups excluding carboxylic acids is 1. The normalized spacial score (nSPS) is 19.4. The summed E-state index contributed by atoms with van der Waals surface area (Å²) in [6, 6.07) is 6.87. The molecule has 0 aliphatic carbocycles. The zero-order chi connectivity index (χ0) is 19.5. The lowest BCUT2D eigenvalue weighted by Gasteiger charge is -2.35. The predicted molar refractivity (Wildman–Crippen MR) is 102 cm³/mol. The fraction of sp³-hybridized carbons (Fsp3) is 0.421. The largest absolute Gasteiger partial charge is 0.390 e. The van der Waals surface area contributed by atoms with Crippen LogP contribution in [0.5, 0.6) is 0 Å². The number of piperazine rings is 1. The van der Waals surface area contributed by atoms with Gasteiger partial charge in [0.05, 0.1) is 17.9 Å². The van der Waals surface area contributed by atoms with Crippen molar-refractivity contribution in [1.29, 1.82) is 0 Å². The topological polar surface area (TPSA) is 83.2 Å². The Morgan fingerprint density at radius 2 is 2.11 bits per heavy atom. The highest BCUT2D eigenvalue weighted by molar-refractivity contribution is 6.01. The summed E-state index contributed by atoms with van der Waals surface area (Å²) in [4.78, 5) is 20.6. The SMILES string of the molecule is CC(=O)N1CCN(c2ccc(C3=NOC(CNc4ccon4)C3)cc2F)CC1. The number of nitrogens with zero attached hydrogens (tertiary/aromatic N) is 4. The van der Waals surface area contributed by atoms with Crippen LogP contribution < -0.4 is 10.2 Å². The maximum absolute atomic E-state index is 14.7. The van der Waals surface area contributed by atoms with Gasteiger partial charge in [0.15, 0.2) is 5.82 Å². The molecule has 1 saturated heterocycles. The lowest BCUT2D eigenvalue weighted by atomic mass is 10.0. The molecule has 28 heavy (non-hydrogen) atoms. The van der Waals surface area contributed by atoms with E-state index in [-0.39, 0.29) is 17.8 Å². The molecule has 3 heterocycles. The third-order valence-electron chi connectivity index (χ3n) is 5.03. The fourth-order valence-corrected chi connectivity index (χ4v) is 3.44. The Bertz CT molecular complexity index is 862. The molecule has 2 aromatic rings. The van der Waals surface area contributed by atoms with Crippen molar-refractivity contribution >= 4 is 23.1 Å². The predicted octanol–water partition coefficient (Wildman–Crippen LogP) is 2.09. The van der Waals surface area contributed by atoms with Crippen LogP contribution in [0.25, 0.3) is 0 Å². The molecule has 8 nitrogen and oxygen atoms in total. The third kappa shape index (κ3) is 3.92. The lowest BCUT2D eigenvalue weighted by Crippen LogP contribution is -2.48. The summed E-state index contributed by atoms with van der Waals surface area (Å²) >= 11 is 0. The second-order valence-electron chi connectivity index (χ2n) is 6.89. The van der Waals surface area contributed by atoms with Gasteiger partial charge in [0.25, 0.3) is 0 Å². The maximum Gasteiger partial charge on any atom is 0.219 e. The first-order valence-corrected chi connectivity index (χ1v) is 9.27. The molecular weight excluding hydrogens is 365 g/mol. The monoisotopic (exact) mass is 387 g/mol. The third-order valence-corrected chi connectivity index (χ3v) is 5.03. The molecule has 1 amide bonds. The number of rotatable bonds is 5. The Labute approximate surface area is 161 Å². The number of amides is 1.